The van der Waals surface area contributed by atoms with E-state index in [-0.39, 0.29) is 25.5 Å². The maximum atomic E-state index is 14.7. The summed E-state index contributed by atoms with van der Waals surface area (Å²) in [5.74, 6) is 0.854. The summed E-state index contributed by atoms with van der Waals surface area (Å²) in [6, 6.07) is 107. The van der Waals surface area contributed by atoms with Crippen molar-refractivity contribution in [2.45, 2.75) is 58.7 Å². The Morgan fingerprint density at radius 1 is 0.216 bits per heavy atom. The van der Waals surface area contributed by atoms with Crippen LogP contribution in [0.25, 0.3) is 0 Å². The van der Waals surface area contributed by atoms with Gasteiger partial charge in [-0.05, 0) is 293 Å². The van der Waals surface area contributed by atoms with Gasteiger partial charge < -0.3 is 5.32 Å². The number of rotatable bonds is 29. The average Bonchev–Trinajstić information content (AvgIpc) is 0.746. The predicted molar refractivity (Wildman–Crippen MR) is 488 cm³/mol. The first-order valence-corrected chi connectivity index (χ1v) is 39.8. The van der Waals surface area contributed by atoms with Crippen LogP contribution in [0, 0.1) is 0 Å². The van der Waals surface area contributed by atoms with Crippen LogP contribution in [-0.2, 0) is 68.9 Å². The van der Waals surface area contributed by atoms with E-state index in [9.17, 15) is 38.4 Å². The molecule has 1 N–H and O–H groups in total. The third-order valence-electron chi connectivity index (χ3n) is 21.7. The van der Waals surface area contributed by atoms with Crippen LogP contribution in [0.5, 0.6) is 0 Å². The van der Waals surface area contributed by atoms with Crippen LogP contribution in [0.3, 0.4) is 0 Å². The molecule has 14 aromatic rings. The van der Waals surface area contributed by atoms with Crippen molar-refractivity contribution in [1.82, 2.24) is 0 Å². The topological polar surface area (TPSA) is 255 Å². The fourth-order valence-corrected chi connectivity index (χ4v) is 15.2. The summed E-state index contributed by atoms with van der Waals surface area (Å²) in [7, 11) is 0. The van der Waals surface area contributed by atoms with E-state index < -0.39 is 6.29 Å². The van der Waals surface area contributed by atoms with Gasteiger partial charge >= 0.3 is 18.1 Å². The zero-order valence-corrected chi connectivity index (χ0v) is 66.4. The van der Waals surface area contributed by atoms with Gasteiger partial charge in [0.2, 0.25) is 42.3 Å². The van der Waals surface area contributed by atoms with E-state index in [4.69, 9.17) is 9.98 Å². The van der Waals surface area contributed by atoms with Crippen LogP contribution < -0.4 is 34.7 Å². The molecule has 6 amide bonds. The Labute approximate surface area is 720 Å². The smallest absolute Gasteiger partial charge is 0.342 e. The van der Waals surface area contributed by atoms with Crippen molar-refractivity contribution in [3.63, 3.8) is 0 Å². The van der Waals surface area contributed by atoms with Gasteiger partial charge in [-0.2, -0.15) is 25.0 Å². The van der Waals surface area contributed by atoms with Crippen LogP contribution in [-0.4, -0.2) is 66.7 Å². The Morgan fingerprint density at radius 2 is 0.384 bits per heavy atom. The first kappa shape index (κ1) is 81.7. The molecule has 0 aliphatic carbocycles. The molecule has 1 unspecified atom stereocenters. The summed E-state index contributed by atoms with van der Waals surface area (Å²) in [6.45, 7) is 0. The third-order valence-corrected chi connectivity index (χ3v) is 21.7. The number of urea groups is 3. The van der Waals surface area contributed by atoms with E-state index in [0.29, 0.717) is 131 Å². The molecule has 14 aromatic carbocycles. The molecule has 0 saturated carbocycles. The minimum Gasteiger partial charge on any atom is -0.347 e. The number of amides is 6. The van der Waals surface area contributed by atoms with Crippen LogP contribution >= 0.6 is 0 Å². The van der Waals surface area contributed by atoms with Crippen molar-refractivity contribution in [1.29, 1.82) is 0 Å². The number of hydrogen-bond acceptors (Lipinski definition) is 16. The van der Waals surface area contributed by atoms with Crippen LogP contribution in [0.2, 0.25) is 0 Å². The third kappa shape index (κ3) is 18.8. The van der Waals surface area contributed by atoms with Gasteiger partial charge in [0, 0.05) is 17.1 Å². The van der Waals surface area contributed by atoms with Crippen molar-refractivity contribution in [3.8, 4) is 0 Å². The second-order valence-electron chi connectivity index (χ2n) is 29.9. The molecular weight excluding hydrogens is 1560 g/mol. The summed E-state index contributed by atoms with van der Waals surface area (Å²) >= 11 is 0. The van der Waals surface area contributed by atoms with E-state index in [0.717, 1.165) is 83.6 Å². The Balaban J connectivity index is 0.0000115. The maximum Gasteiger partial charge on any atom is 0.342 e. The molecule has 125 heavy (non-hydrogen) atoms. The lowest BCUT2D eigenvalue weighted by molar-refractivity contribution is 0.236. The zero-order chi connectivity index (χ0) is 84.8. The molecule has 3 fully saturated rings. The molecule has 0 radical (unpaired) electrons. The van der Waals surface area contributed by atoms with E-state index in [1.165, 1.54) is 0 Å². The summed E-state index contributed by atoms with van der Waals surface area (Å²) in [5, 5.41) is 3.67. The summed E-state index contributed by atoms with van der Waals surface area (Å²) in [5.41, 5.74) is 23.0. The average molecular weight is 1640 g/mol. The number of carbonyl (C=O) groups excluding carboxylic acids is 8. The van der Waals surface area contributed by atoms with E-state index in [1.54, 1.807) is 120 Å². The lowest BCUT2D eigenvalue weighted by Crippen LogP contribution is -2.72. The van der Waals surface area contributed by atoms with Gasteiger partial charge in [0.15, 0.2) is 6.29 Å². The quantitative estimate of drug-likeness (QED) is 0.0345. The number of guanidine groups is 2. The Morgan fingerprint density at radius 3 is 0.576 bits per heavy atom. The van der Waals surface area contributed by atoms with Crippen molar-refractivity contribution in [2.75, 3.05) is 34.7 Å². The number of anilines is 7. The molecule has 0 spiro atoms. The number of aliphatic imine (C=N–C) groups is 7. The number of benzene rings is 14. The van der Waals surface area contributed by atoms with Gasteiger partial charge in [0.25, 0.3) is 0 Å². The molecule has 3 aliphatic heterocycles. The molecule has 22 heteroatoms. The first-order valence-electron chi connectivity index (χ1n) is 39.8. The van der Waals surface area contributed by atoms with Crippen molar-refractivity contribution in [3.05, 3.63) is 418 Å². The van der Waals surface area contributed by atoms with Crippen LogP contribution in [0.4, 0.5) is 94.0 Å². The summed E-state index contributed by atoms with van der Waals surface area (Å²) < 4.78 is 0. The van der Waals surface area contributed by atoms with E-state index >= 15 is 0 Å². The van der Waals surface area contributed by atoms with Crippen LogP contribution in [0.15, 0.2) is 375 Å². The number of carbonyl (C=O) groups is 3. The summed E-state index contributed by atoms with van der Waals surface area (Å²) in [4.78, 5) is 137. The standard InChI is InChI=1S/C102H72N14O8.CH4/c117-64-103-83-29-1-69(2-30-83)57-74-11-39-88(40-12-74)108-97-111(91-45-17-77(18-46-91)59-71-5-33-85(34-6-71)105-66-119)100(122)114(97)94-51-23-80(24-52-94)62-76-15-43-90(44-16-76)110-99-113(93-49-21-79(22-50-93)61-73-9-37-87(38-10-73)107-68-121)102(124)116(99)96-55-27-82(28-56-96)63-81-25-53-95(54-26-81)115-98(109-89-41-13-75(14-42-89)58-70-3-31-84(32-4-70)104-65-118)112(101(115)123)92-47-19-78(20-48-92)60-72-7-35-86(36-8-72)106-67-120;/h1-56,99,110H,57-63H2;1H4. The van der Waals surface area contributed by atoms with Crippen molar-refractivity contribution < 1.29 is 38.4 Å². The fourth-order valence-electron chi connectivity index (χ4n) is 15.2. The highest BCUT2D eigenvalue weighted by molar-refractivity contribution is 6.44. The Hall–Kier alpha value is -17.1. The molecule has 0 aromatic heterocycles. The SMILES string of the molecule is C.O=C=Nc1ccc(Cc2ccc(N=C3N(c4ccc(Cc5ccc(N=C=O)cc5)cc4)C(=O)N3c3ccc(Cc4ccc(NC5N(c6ccc(Cc7ccc(N=C=O)cc7)cc6)C(=O)N5c5ccc(Cc6ccc(N7C(=O)N(c8ccc(Cc9ccc(N=C=O)cc9)cc8)C7=Nc7ccc(Cc8ccc(N=C=O)cc8)cc7)cc6)cc5)cc4)cc3)cc2)cc1. The van der Waals surface area contributed by atoms with E-state index in [2.05, 4.69) is 42.4 Å². The number of nitrogens with zero attached hydrogens (tertiary/aromatic N) is 13. The van der Waals surface area contributed by atoms with Gasteiger partial charge in [0.1, 0.15) is 0 Å². The van der Waals surface area contributed by atoms with Crippen LogP contribution in [0.1, 0.15) is 85.3 Å². The first-order chi connectivity index (χ1) is 60.8. The fraction of sp³-hybridized carbons (Fsp3) is 0.0874. The molecule has 3 saturated heterocycles. The molecule has 0 bridgehead atoms. The summed E-state index contributed by atoms with van der Waals surface area (Å²) in [6.07, 6.45) is 11.6. The largest absolute Gasteiger partial charge is 0.347 e. The monoisotopic (exact) mass is 1640 g/mol. The molecule has 22 nitrogen and oxygen atoms in total. The van der Waals surface area contributed by atoms with Gasteiger partial charge in [-0.15, -0.1) is 0 Å². The Bertz CT molecular complexity index is 6630. The zero-order valence-electron chi connectivity index (χ0n) is 66.4. The number of isocyanates is 5. The number of hydrogen-bond donors (Lipinski definition) is 1. The van der Waals surface area contributed by atoms with Gasteiger partial charge in [-0.25, -0.2) is 67.9 Å². The molecule has 3 heterocycles. The molecular formula is C103H76N14O8. The minimum atomic E-state index is -0.634. The van der Waals surface area contributed by atoms with Gasteiger partial charge in [0.05, 0.1) is 62.6 Å². The normalized spacial score (nSPS) is 13.8. The maximum absolute atomic E-state index is 14.7. The highest BCUT2D eigenvalue weighted by atomic mass is 16.2. The second kappa shape index (κ2) is 37.5. The number of nitrogens with one attached hydrogen (secondary N) is 1. The molecule has 3 aliphatic rings. The minimum absolute atomic E-state index is 0. The highest BCUT2D eigenvalue weighted by Gasteiger charge is 2.48. The predicted octanol–water partition coefficient (Wildman–Crippen LogP) is 22.4. The molecule has 1 atom stereocenters. The highest BCUT2D eigenvalue weighted by Crippen LogP contribution is 2.40. The van der Waals surface area contributed by atoms with Crippen molar-refractivity contribution in [2.24, 2.45) is 34.9 Å². The van der Waals surface area contributed by atoms with Gasteiger partial charge in [-0.1, -0.05) is 177 Å². The van der Waals surface area contributed by atoms with Gasteiger partial charge in [-0.3, -0.25) is 9.80 Å². The molecule has 606 valence electrons. The lowest BCUT2D eigenvalue weighted by atomic mass is 10.0. The molecule has 17 rings (SSSR count). The van der Waals surface area contributed by atoms with E-state index in [1.807, 2.05) is 267 Å². The lowest BCUT2D eigenvalue weighted by Gasteiger charge is -2.50. The Kier molecular flexibility index (Phi) is 24.5. The van der Waals surface area contributed by atoms with Crippen molar-refractivity contribution >= 4 is 140 Å². The second-order valence-corrected chi connectivity index (χ2v) is 29.9.